The molecule has 15 heavy (non-hydrogen) atoms. The summed E-state index contributed by atoms with van der Waals surface area (Å²) in [7, 11) is 2.00. The summed E-state index contributed by atoms with van der Waals surface area (Å²) < 4.78 is 0. The maximum Gasteiger partial charge on any atom is 0.224 e. The minimum atomic E-state index is 0.319. The summed E-state index contributed by atoms with van der Waals surface area (Å²) in [5, 5.41) is 3.62. The van der Waals surface area contributed by atoms with E-state index < -0.39 is 0 Å². The number of rotatable bonds is 2. The molecule has 0 amide bonds. The maximum absolute atomic E-state index is 5.77. The van der Waals surface area contributed by atoms with Crippen LogP contribution in [0.5, 0.6) is 0 Å². The molecule has 1 atom stereocenters. The van der Waals surface area contributed by atoms with E-state index in [1.165, 1.54) is 12.8 Å². The van der Waals surface area contributed by atoms with E-state index in [2.05, 4.69) is 20.2 Å². The average Bonchev–Trinajstić information content (AvgIpc) is 2.29. The van der Waals surface area contributed by atoms with Crippen LogP contribution >= 0.6 is 11.6 Å². The fraction of sp³-hybridized carbons (Fsp3) is 0.600. The van der Waals surface area contributed by atoms with Crippen LogP contribution in [-0.4, -0.2) is 36.1 Å². The second-order valence-corrected chi connectivity index (χ2v) is 4.10. The number of hydrogen-bond donors (Lipinski definition) is 1. The van der Waals surface area contributed by atoms with Crippen molar-refractivity contribution in [1.82, 2.24) is 15.3 Å². The van der Waals surface area contributed by atoms with Gasteiger partial charge in [0.15, 0.2) is 0 Å². The van der Waals surface area contributed by atoms with Crippen molar-refractivity contribution in [3.8, 4) is 0 Å². The molecular formula is C10H15ClN4. The summed E-state index contributed by atoms with van der Waals surface area (Å²) in [6.45, 7) is 2.04. The molecule has 0 saturated carbocycles. The number of hydrogen-bond acceptors (Lipinski definition) is 4. The van der Waals surface area contributed by atoms with Gasteiger partial charge in [-0.15, -0.1) is 0 Å². The van der Waals surface area contributed by atoms with Gasteiger partial charge in [0, 0.05) is 25.3 Å². The van der Waals surface area contributed by atoms with Gasteiger partial charge in [-0.25, -0.2) is 9.97 Å². The van der Waals surface area contributed by atoms with Gasteiger partial charge in [0.1, 0.15) is 5.82 Å². The molecule has 1 fully saturated rings. The third-order valence-corrected chi connectivity index (χ3v) is 2.95. The Hall–Kier alpha value is -0.870. The minimum Gasteiger partial charge on any atom is -0.355 e. The Morgan fingerprint density at radius 2 is 2.47 bits per heavy atom. The molecule has 1 aliphatic heterocycles. The Bertz CT molecular complexity index is 331. The first-order valence-electron chi connectivity index (χ1n) is 5.20. The van der Waals surface area contributed by atoms with Gasteiger partial charge in [-0.05, 0) is 37.6 Å². The molecule has 1 aliphatic rings. The molecule has 2 rings (SSSR count). The number of nitrogens with one attached hydrogen (secondary N) is 1. The molecule has 82 valence electrons. The van der Waals surface area contributed by atoms with Gasteiger partial charge in [0.2, 0.25) is 5.28 Å². The van der Waals surface area contributed by atoms with Crippen molar-refractivity contribution < 1.29 is 0 Å². The van der Waals surface area contributed by atoms with Crippen LogP contribution in [0, 0.1) is 0 Å². The van der Waals surface area contributed by atoms with Crippen LogP contribution in [0.4, 0.5) is 5.82 Å². The summed E-state index contributed by atoms with van der Waals surface area (Å²) in [6.07, 6.45) is 4.12. The highest BCUT2D eigenvalue weighted by Gasteiger charge is 2.19. The quantitative estimate of drug-likeness (QED) is 0.773. The van der Waals surface area contributed by atoms with E-state index >= 15 is 0 Å². The predicted molar refractivity (Wildman–Crippen MR) is 61.3 cm³/mol. The first kappa shape index (κ1) is 10.6. The normalized spacial score (nSPS) is 21.7. The molecule has 1 N–H and O–H groups in total. The summed E-state index contributed by atoms with van der Waals surface area (Å²) in [4.78, 5) is 10.4. The van der Waals surface area contributed by atoms with Gasteiger partial charge in [-0.2, -0.15) is 0 Å². The smallest absolute Gasteiger partial charge is 0.224 e. The Balaban J connectivity index is 2.09. The molecule has 2 heterocycles. The molecule has 0 aliphatic carbocycles. The molecule has 0 unspecified atom stereocenters. The molecule has 1 saturated heterocycles. The van der Waals surface area contributed by atoms with Gasteiger partial charge >= 0.3 is 0 Å². The summed E-state index contributed by atoms with van der Waals surface area (Å²) in [5.41, 5.74) is 0. The highest BCUT2D eigenvalue weighted by atomic mass is 35.5. The van der Waals surface area contributed by atoms with Gasteiger partial charge in [0.25, 0.3) is 0 Å². The van der Waals surface area contributed by atoms with Gasteiger partial charge in [-0.1, -0.05) is 0 Å². The van der Waals surface area contributed by atoms with Gasteiger partial charge in [0.05, 0.1) is 0 Å². The van der Waals surface area contributed by atoms with Crippen LogP contribution in [0.2, 0.25) is 5.28 Å². The number of piperidine rings is 1. The topological polar surface area (TPSA) is 41.0 Å². The lowest BCUT2D eigenvalue weighted by Gasteiger charge is -2.33. The van der Waals surface area contributed by atoms with Crippen molar-refractivity contribution in [3.05, 3.63) is 17.5 Å². The monoisotopic (exact) mass is 226 g/mol. The molecule has 0 aromatic carbocycles. The number of aromatic nitrogens is 2. The van der Waals surface area contributed by atoms with Crippen molar-refractivity contribution >= 4 is 17.4 Å². The largest absolute Gasteiger partial charge is 0.355 e. The molecular weight excluding hydrogens is 212 g/mol. The van der Waals surface area contributed by atoms with Gasteiger partial charge < -0.3 is 10.2 Å². The Morgan fingerprint density at radius 1 is 1.60 bits per heavy atom. The number of nitrogens with zero attached hydrogens (tertiary/aromatic N) is 3. The molecule has 4 nitrogen and oxygen atoms in total. The summed E-state index contributed by atoms with van der Waals surface area (Å²) in [6, 6.07) is 2.46. The summed E-state index contributed by atoms with van der Waals surface area (Å²) in [5.74, 6) is 0.926. The molecule has 0 spiro atoms. The van der Waals surface area contributed by atoms with Crippen molar-refractivity contribution in [2.45, 2.75) is 18.9 Å². The van der Waals surface area contributed by atoms with Crippen LogP contribution in [0.1, 0.15) is 12.8 Å². The van der Waals surface area contributed by atoms with E-state index in [1.54, 1.807) is 6.20 Å². The second-order valence-electron chi connectivity index (χ2n) is 3.76. The second kappa shape index (κ2) is 4.77. The van der Waals surface area contributed by atoms with E-state index in [4.69, 9.17) is 11.6 Å². The van der Waals surface area contributed by atoms with Crippen LogP contribution in [-0.2, 0) is 0 Å². The predicted octanol–water partition coefficient (Wildman–Crippen LogP) is 1.32. The lowest BCUT2D eigenvalue weighted by atomic mass is 10.1. The lowest BCUT2D eigenvalue weighted by molar-refractivity contribution is 0.447. The van der Waals surface area contributed by atoms with E-state index in [-0.39, 0.29) is 0 Å². The Morgan fingerprint density at radius 3 is 3.20 bits per heavy atom. The van der Waals surface area contributed by atoms with Crippen LogP contribution in [0.25, 0.3) is 0 Å². The number of anilines is 1. The lowest BCUT2D eigenvalue weighted by Crippen LogP contribution is -2.44. The van der Waals surface area contributed by atoms with Crippen LogP contribution < -0.4 is 10.2 Å². The maximum atomic E-state index is 5.77. The zero-order chi connectivity index (χ0) is 10.7. The molecule has 5 heteroatoms. The fourth-order valence-corrected chi connectivity index (χ4v) is 2.07. The van der Waals surface area contributed by atoms with Crippen molar-refractivity contribution in [2.24, 2.45) is 0 Å². The van der Waals surface area contributed by atoms with Gasteiger partial charge in [-0.3, -0.25) is 0 Å². The fourth-order valence-electron chi connectivity index (χ4n) is 1.92. The zero-order valence-electron chi connectivity index (χ0n) is 8.78. The minimum absolute atomic E-state index is 0.319. The van der Waals surface area contributed by atoms with E-state index in [9.17, 15) is 0 Å². The first-order chi connectivity index (χ1) is 7.29. The molecule has 1 aromatic heterocycles. The van der Waals surface area contributed by atoms with Crippen molar-refractivity contribution in [3.63, 3.8) is 0 Å². The highest BCUT2D eigenvalue weighted by Crippen LogP contribution is 2.18. The highest BCUT2D eigenvalue weighted by molar-refractivity contribution is 6.28. The van der Waals surface area contributed by atoms with E-state index in [1.807, 2.05) is 13.1 Å². The molecule has 0 bridgehead atoms. The van der Waals surface area contributed by atoms with Crippen LogP contribution in [0.3, 0.4) is 0 Å². The molecule has 1 aromatic rings. The van der Waals surface area contributed by atoms with E-state index in [0.717, 1.165) is 18.9 Å². The average molecular weight is 227 g/mol. The first-order valence-corrected chi connectivity index (χ1v) is 5.58. The SMILES string of the molecule is CN[C@H]1CCCN(c2ccnc(Cl)n2)C1. The number of halogens is 1. The van der Waals surface area contributed by atoms with Crippen molar-refractivity contribution in [2.75, 3.05) is 25.0 Å². The Kier molecular flexibility index (Phi) is 3.38. The molecule has 0 radical (unpaired) electrons. The third-order valence-electron chi connectivity index (χ3n) is 2.77. The Labute approximate surface area is 94.7 Å². The zero-order valence-corrected chi connectivity index (χ0v) is 9.54. The third kappa shape index (κ3) is 2.58. The van der Waals surface area contributed by atoms with Crippen molar-refractivity contribution in [1.29, 1.82) is 0 Å². The standard InChI is InChI=1S/C10H15ClN4/c1-12-8-3-2-6-15(7-8)9-4-5-13-10(11)14-9/h4-5,8,12H,2-3,6-7H2,1H3/t8-/m0/s1. The van der Waals surface area contributed by atoms with E-state index in [0.29, 0.717) is 11.3 Å². The van der Waals surface area contributed by atoms with Crippen LogP contribution in [0.15, 0.2) is 12.3 Å². The summed E-state index contributed by atoms with van der Waals surface area (Å²) >= 11 is 5.77. The number of likely N-dealkylation sites (N-methyl/N-ethyl adjacent to an activating group) is 1.